The standard InChI is InChI=1S/C15H25N3O2S/c1-4-12-7-6-10-18(11-12)13-8-5-9-14(15(13)16)21(19,20)17(2)3/h5,8-9,12H,4,6-7,10-11,16H2,1-3H3. The second-order valence-electron chi connectivity index (χ2n) is 5.84. The Morgan fingerprint density at radius 2 is 2.10 bits per heavy atom. The fraction of sp³-hybridized carbons (Fsp3) is 0.600. The number of nitrogens with two attached hydrogens (primary N) is 1. The molecule has 1 aliphatic heterocycles. The minimum atomic E-state index is -3.51. The van der Waals surface area contributed by atoms with Crippen molar-refractivity contribution in [2.45, 2.75) is 31.1 Å². The summed E-state index contributed by atoms with van der Waals surface area (Å²) in [4.78, 5) is 2.42. The van der Waals surface area contributed by atoms with E-state index >= 15 is 0 Å². The van der Waals surface area contributed by atoms with Gasteiger partial charge in [-0.1, -0.05) is 19.4 Å². The average molecular weight is 311 g/mol. The van der Waals surface area contributed by atoms with Gasteiger partial charge in [0.1, 0.15) is 4.90 Å². The Morgan fingerprint density at radius 1 is 1.38 bits per heavy atom. The predicted octanol–water partition coefficient (Wildman–Crippen LogP) is 2.15. The quantitative estimate of drug-likeness (QED) is 0.865. The van der Waals surface area contributed by atoms with E-state index < -0.39 is 10.0 Å². The van der Waals surface area contributed by atoms with Crippen LogP contribution in [0.3, 0.4) is 0 Å². The van der Waals surface area contributed by atoms with Crippen LogP contribution in [-0.2, 0) is 10.0 Å². The molecule has 1 unspecified atom stereocenters. The summed E-state index contributed by atoms with van der Waals surface area (Å²) in [6.07, 6.45) is 3.51. The first-order chi connectivity index (χ1) is 9.87. The van der Waals surface area contributed by atoms with Gasteiger partial charge in [-0.2, -0.15) is 0 Å². The average Bonchev–Trinajstić information content (AvgIpc) is 2.47. The van der Waals surface area contributed by atoms with Crippen LogP contribution in [0.15, 0.2) is 23.1 Å². The molecule has 6 heteroatoms. The molecule has 1 aromatic carbocycles. The van der Waals surface area contributed by atoms with E-state index in [9.17, 15) is 8.42 Å². The van der Waals surface area contributed by atoms with Crippen LogP contribution in [0.25, 0.3) is 0 Å². The first-order valence-electron chi connectivity index (χ1n) is 7.44. The monoisotopic (exact) mass is 311 g/mol. The molecule has 1 aromatic rings. The summed E-state index contributed by atoms with van der Waals surface area (Å²) >= 11 is 0. The van der Waals surface area contributed by atoms with Crippen molar-refractivity contribution >= 4 is 21.4 Å². The summed E-state index contributed by atoms with van der Waals surface area (Å²) < 4.78 is 25.9. The maximum absolute atomic E-state index is 12.3. The normalized spacial score (nSPS) is 20.0. The number of nitrogens with zero attached hydrogens (tertiary/aromatic N) is 2. The highest BCUT2D eigenvalue weighted by molar-refractivity contribution is 7.89. The van der Waals surface area contributed by atoms with Crippen LogP contribution < -0.4 is 10.6 Å². The minimum absolute atomic E-state index is 0.198. The molecular formula is C15H25N3O2S. The van der Waals surface area contributed by atoms with Gasteiger partial charge in [0.25, 0.3) is 0 Å². The van der Waals surface area contributed by atoms with Crippen LogP contribution in [0.1, 0.15) is 26.2 Å². The molecular weight excluding hydrogens is 286 g/mol. The number of hydrogen-bond donors (Lipinski definition) is 1. The number of anilines is 2. The fourth-order valence-corrected chi connectivity index (χ4v) is 3.87. The topological polar surface area (TPSA) is 66.6 Å². The smallest absolute Gasteiger partial charge is 0.244 e. The molecule has 0 aliphatic carbocycles. The Bertz CT molecular complexity index is 599. The maximum Gasteiger partial charge on any atom is 0.244 e. The number of benzene rings is 1. The first kappa shape index (κ1) is 16.1. The highest BCUT2D eigenvalue weighted by Crippen LogP contribution is 2.33. The Morgan fingerprint density at radius 3 is 2.71 bits per heavy atom. The SMILES string of the molecule is CCC1CCCN(c2cccc(S(=O)(=O)N(C)C)c2N)C1. The molecule has 0 radical (unpaired) electrons. The lowest BCUT2D eigenvalue weighted by Crippen LogP contribution is -2.36. The highest BCUT2D eigenvalue weighted by Gasteiger charge is 2.25. The number of rotatable bonds is 4. The molecule has 0 saturated carbocycles. The van der Waals surface area contributed by atoms with Gasteiger partial charge in [-0.05, 0) is 30.9 Å². The second-order valence-corrected chi connectivity index (χ2v) is 7.96. The van der Waals surface area contributed by atoms with Crippen molar-refractivity contribution < 1.29 is 8.42 Å². The van der Waals surface area contributed by atoms with Crippen molar-refractivity contribution in [1.29, 1.82) is 0 Å². The van der Waals surface area contributed by atoms with E-state index in [0.29, 0.717) is 11.6 Å². The van der Waals surface area contributed by atoms with Crippen molar-refractivity contribution in [2.24, 2.45) is 5.92 Å². The van der Waals surface area contributed by atoms with Crippen LogP contribution in [0.2, 0.25) is 0 Å². The zero-order chi connectivity index (χ0) is 15.6. The van der Waals surface area contributed by atoms with Crippen LogP contribution in [0.5, 0.6) is 0 Å². The number of hydrogen-bond acceptors (Lipinski definition) is 4. The van der Waals surface area contributed by atoms with Crippen molar-refractivity contribution in [3.8, 4) is 0 Å². The summed E-state index contributed by atoms with van der Waals surface area (Å²) in [7, 11) is -0.460. The summed E-state index contributed by atoms with van der Waals surface area (Å²) in [5.41, 5.74) is 7.38. The van der Waals surface area contributed by atoms with E-state index in [0.717, 1.165) is 31.6 Å². The first-order valence-corrected chi connectivity index (χ1v) is 8.88. The molecule has 21 heavy (non-hydrogen) atoms. The minimum Gasteiger partial charge on any atom is -0.396 e. The van der Waals surface area contributed by atoms with Gasteiger partial charge in [-0.3, -0.25) is 0 Å². The second kappa shape index (κ2) is 6.23. The largest absolute Gasteiger partial charge is 0.396 e. The molecule has 118 valence electrons. The lowest BCUT2D eigenvalue weighted by atomic mass is 9.95. The Kier molecular flexibility index (Phi) is 4.78. The molecule has 1 atom stereocenters. The third kappa shape index (κ3) is 3.16. The molecule has 0 spiro atoms. The van der Waals surface area contributed by atoms with Gasteiger partial charge in [0.15, 0.2) is 0 Å². The van der Waals surface area contributed by atoms with Gasteiger partial charge < -0.3 is 10.6 Å². The fourth-order valence-electron chi connectivity index (χ4n) is 2.85. The van der Waals surface area contributed by atoms with Crippen LogP contribution in [-0.4, -0.2) is 39.9 Å². The van der Waals surface area contributed by atoms with Crippen LogP contribution in [0, 0.1) is 5.92 Å². The van der Waals surface area contributed by atoms with Gasteiger partial charge in [0.05, 0.1) is 11.4 Å². The highest BCUT2D eigenvalue weighted by atomic mass is 32.2. The Balaban J connectivity index is 2.39. The summed E-state index contributed by atoms with van der Waals surface area (Å²) in [6.45, 7) is 4.09. The summed E-state index contributed by atoms with van der Waals surface area (Å²) in [6, 6.07) is 5.27. The molecule has 5 nitrogen and oxygen atoms in total. The zero-order valence-electron chi connectivity index (χ0n) is 13.0. The molecule has 1 saturated heterocycles. The third-order valence-electron chi connectivity index (χ3n) is 4.24. The predicted molar refractivity (Wildman–Crippen MR) is 87.0 cm³/mol. The molecule has 1 fully saturated rings. The van der Waals surface area contributed by atoms with Crippen molar-refractivity contribution in [1.82, 2.24) is 4.31 Å². The molecule has 0 bridgehead atoms. The molecule has 0 aromatic heterocycles. The van der Waals surface area contributed by atoms with Gasteiger partial charge in [-0.15, -0.1) is 0 Å². The summed E-state index contributed by atoms with van der Waals surface area (Å²) in [5.74, 6) is 0.660. The lowest BCUT2D eigenvalue weighted by molar-refractivity contribution is 0.405. The molecule has 2 N–H and O–H groups in total. The number of piperidine rings is 1. The number of sulfonamides is 1. The van der Waals surface area contributed by atoms with E-state index in [1.807, 2.05) is 6.07 Å². The zero-order valence-corrected chi connectivity index (χ0v) is 13.9. The molecule has 1 heterocycles. The molecule has 2 rings (SSSR count). The van der Waals surface area contributed by atoms with E-state index in [2.05, 4.69) is 11.8 Å². The maximum atomic E-state index is 12.3. The van der Waals surface area contributed by atoms with Gasteiger partial charge in [0.2, 0.25) is 10.0 Å². The number of nitrogen functional groups attached to an aromatic ring is 1. The van der Waals surface area contributed by atoms with Gasteiger partial charge >= 0.3 is 0 Å². The van der Waals surface area contributed by atoms with Gasteiger partial charge in [0, 0.05) is 27.2 Å². The van der Waals surface area contributed by atoms with Gasteiger partial charge in [-0.25, -0.2) is 12.7 Å². The summed E-state index contributed by atoms with van der Waals surface area (Å²) in [5, 5.41) is 0. The van der Waals surface area contributed by atoms with E-state index in [1.165, 1.54) is 24.8 Å². The Hall–Kier alpha value is -1.27. The van der Waals surface area contributed by atoms with Crippen molar-refractivity contribution in [2.75, 3.05) is 37.8 Å². The molecule has 0 amide bonds. The molecule has 1 aliphatic rings. The van der Waals surface area contributed by atoms with Crippen molar-refractivity contribution in [3.05, 3.63) is 18.2 Å². The van der Waals surface area contributed by atoms with Crippen LogP contribution in [0.4, 0.5) is 11.4 Å². The van der Waals surface area contributed by atoms with Crippen LogP contribution >= 0.6 is 0 Å². The Labute approximate surface area is 127 Å². The number of para-hydroxylation sites is 1. The third-order valence-corrected chi connectivity index (χ3v) is 6.11. The van der Waals surface area contributed by atoms with E-state index in [1.54, 1.807) is 12.1 Å². The van der Waals surface area contributed by atoms with E-state index in [4.69, 9.17) is 5.73 Å². The van der Waals surface area contributed by atoms with Crippen molar-refractivity contribution in [3.63, 3.8) is 0 Å². The van der Waals surface area contributed by atoms with E-state index in [-0.39, 0.29) is 4.90 Å². The lowest BCUT2D eigenvalue weighted by Gasteiger charge is -2.35.